The third kappa shape index (κ3) is 31.6. The number of rotatable bonds is 6. The Morgan fingerprint density at radius 3 is 1.73 bits per heavy atom. The van der Waals surface area contributed by atoms with Gasteiger partial charge < -0.3 is 4.74 Å². The molecule has 4 heteroatoms. The van der Waals surface area contributed by atoms with Crippen LogP contribution in [0.5, 0.6) is 0 Å². The summed E-state index contributed by atoms with van der Waals surface area (Å²) in [5, 5.41) is 0. The average Bonchev–Trinajstić information content (AvgIpc) is 2.13. The minimum absolute atomic E-state index is 0. The SMILES string of the molecule is C=COC(=O)Cl.CCCCCCCC.Cl. The van der Waals surface area contributed by atoms with E-state index in [1.54, 1.807) is 0 Å². The molecule has 0 spiro atoms. The Hall–Kier alpha value is -0.210. The zero-order valence-electron chi connectivity index (χ0n) is 9.63. The first-order chi connectivity index (χ1) is 6.68. The molecule has 0 saturated heterocycles. The molecule has 2 nitrogen and oxygen atoms in total. The summed E-state index contributed by atoms with van der Waals surface area (Å²) in [4.78, 5) is 9.52. The van der Waals surface area contributed by atoms with Gasteiger partial charge in [-0.2, -0.15) is 0 Å². The molecule has 15 heavy (non-hydrogen) atoms. The summed E-state index contributed by atoms with van der Waals surface area (Å²) in [6.07, 6.45) is 9.46. The maximum absolute atomic E-state index is 9.52. The molecule has 0 aliphatic rings. The molecule has 0 aliphatic carbocycles. The quantitative estimate of drug-likeness (QED) is 0.367. The lowest BCUT2D eigenvalue weighted by Crippen LogP contribution is -1.79. The van der Waals surface area contributed by atoms with E-state index in [2.05, 4.69) is 36.8 Å². The van der Waals surface area contributed by atoms with Gasteiger partial charge >= 0.3 is 5.43 Å². The maximum Gasteiger partial charge on any atom is 0.408 e. The number of halogens is 2. The van der Waals surface area contributed by atoms with Crippen LogP contribution in [0.4, 0.5) is 4.79 Å². The van der Waals surface area contributed by atoms with Gasteiger partial charge in [0.15, 0.2) is 0 Å². The van der Waals surface area contributed by atoms with Crippen molar-refractivity contribution < 1.29 is 9.53 Å². The topological polar surface area (TPSA) is 26.3 Å². The highest BCUT2D eigenvalue weighted by atomic mass is 35.5. The third-order valence-electron chi connectivity index (χ3n) is 1.63. The minimum Gasteiger partial charge on any atom is -0.423 e. The summed E-state index contributed by atoms with van der Waals surface area (Å²) < 4.78 is 3.93. The number of unbranched alkanes of at least 4 members (excludes halogenated alkanes) is 5. The van der Waals surface area contributed by atoms with Crippen LogP contribution in [0, 0.1) is 0 Å². The van der Waals surface area contributed by atoms with Gasteiger partial charge in [-0.3, -0.25) is 0 Å². The highest BCUT2D eigenvalue weighted by Gasteiger charge is 1.84. The first kappa shape index (κ1) is 20.2. The van der Waals surface area contributed by atoms with E-state index in [9.17, 15) is 4.79 Å². The molecule has 0 aromatic rings. The molecule has 0 fully saturated rings. The lowest BCUT2D eigenvalue weighted by molar-refractivity contribution is 0.212. The van der Waals surface area contributed by atoms with E-state index < -0.39 is 5.43 Å². The molecule has 92 valence electrons. The zero-order chi connectivity index (χ0) is 11.2. The second kappa shape index (κ2) is 19.4. The van der Waals surface area contributed by atoms with Crippen molar-refractivity contribution in [1.82, 2.24) is 0 Å². The average molecular weight is 257 g/mol. The van der Waals surface area contributed by atoms with Crippen LogP contribution in [0.3, 0.4) is 0 Å². The molecule has 0 radical (unpaired) electrons. The van der Waals surface area contributed by atoms with Crippen molar-refractivity contribution in [3.63, 3.8) is 0 Å². The van der Waals surface area contributed by atoms with Crippen LogP contribution < -0.4 is 0 Å². The maximum atomic E-state index is 9.52. The van der Waals surface area contributed by atoms with Gasteiger partial charge in [0.1, 0.15) is 0 Å². The van der Waals surface area contributed by atoms with Crippen LogP contribution in [-0.4, -0.2) is 5.43 Å². The molecular formula is C11H22Cl2O2. The van der Waals surface area contributed by atoms with Gasteiger partial charge in [0, 0.05) is 11.6 Å². The fourth-order valence-corrected chi connectivity index (χ4v) is 0.982. The van der Waals surface area contributed by atoms with Crippen molar-refractivity contribution >= 4 is 29.4 Å². The van der Waals surface area contributed by atoms with E-state index in [0.717, 1.165) is 6.26 Å². The van der Waals surface area contributed by atoms with Gasteiger partial charge in [0.05, 0.1) is 6.26 Å². The van der Waals surface area contributed by atoms with Crippen molar-refractivity contribution in [1.29, 1.82) is 0 Å². The van der Waals surface area contributed by atoms with E-state index >= 15 is 0 Å². The Kier molecular flexibility index (Phi) is 26.1. The fraction of sp³-hybridized carbons (Fsp3) is 0.727. The largest absolute Gasteiger partial charge is 0.423 e. The number of carbonyl (C=O) groups excluding carboxylic acids is 1. The predicted octanol–water partition coefficient (Wildman–Crippen LogP) is 5.29. The summed E-state index contributed by atoms with van der Waals surface area (Å²) in [5.74, 6) is 0. The van der Waals surface area contributed by atoms with Crippen LogP contribution in [0.2, 0.25) is 0 Å². The van der Waals surface area contributed by atoms with Gasteiger partial charge in [-0.05, 0) is 0 Å². The standard InChI is InChI=1S/C8H18.C3H3ClO2.ClH/c1-3-5-7-8-6-4-2;1-2-6-3(4)5;/h3-8H2,1-2H3;2H,1H2;1H. The molecule has 0 aromatic carbocycles. The fourth-order valence-electron chi connectivity index (χ4n) is 0.919. The van der Waals surface area contributed by atoms with E-state index in [1.165, 1.54) is 38.5 Å². The van der Waals surface area contributed by atoms with Gasteiger partial charge in [0.25, 0.3) is 0 Å². The third-order valence-corrected chi connectivity index (χ3v) is 1.72. The van der Waals surface area contributed by atoms with Gasteiger partial charge in [-0.1, -0.05) is 59.0 Å². The van der Waals surface area contributed by atoms with Crippen molar-refractivity contribution in [3.8, 4) is 0 Å². The Morgan fingerprint density at radius 2 is 1.60 bits per heavy atom. The first-order valence-corrected chi connectivity index (χ1v) is 5.53. The van der Waals surface area contributed by atoms with Crippen LogP contribution in [0.15, 0.2) is 12.8 Å². The highest BCUT2D eigenvalue weighted by molar-refractivity contribution is 6.61. The highest BCUT2D eigenvalue weighted by Crippen LogP contribution is 2.03. The summed E-state index contributed by atoms with van der Waals surface area (Å²) in [7, 11) is 0. The van der Waals surface area contributed by atoms with Gasteiger partial charge in [-0.25, -0.2) is 4.79 Å². The number of carbonyl (C=O) groups is 1. The molecule has 0 atom stereocenters. The molecule has 0 heterocycles. The number of hydrogen-bond donors (Lipinski definition) is 0. The molecule has 0 aliphatic heterocycles. The summed E-state index contributed by atoms with van der Waals surface area (Å²) in [6.45, 7) is 7.59. The Bertz CT molecular complexity index is 133. The second-order valence-electron chi connectivity index (χ2n) is 2.94. The summed E-state index contributed by atoms with van der Waals surface area (Å²) in [5.41, 5.74) is -0.856. The lowest BCUT2D eigenvalue weighted by Gasteiger charge is -1.93. The van der Waals surface area contributed by atoms with E-state index in [4.69, 9.17) is 0 Å². The predicted molar refractivity (Wildman–Crippen MR) is 68.8 cm³/mol. The molecule has 0 N–H and O–H groups in total. The summed E-state index contributed by atoms with van der Waals surface area (Å²) in [6, 6.07) is 0. The van der Waals surface area contributed by atoms with Crippen LogP contribution in [0.1, 0.15) is 52.4 Å². The molecule has 0 bridgehead atoms. The van der Waals surface area contributed by atoms with Crippen molar-refractivity contribution in [2.24, 2.45) is 0 Å². The smallest absolute Gasteiger partial charge is 0.408 e. The normalized spacial score (nSPS) is 7.93. The molecule has 0 amide bonds. The summed E-state index contributed by atoms with van der Waals surface area (Å²) >= 11 is 4.65. The van der Waals surface area contributed by atoms with Crippen LogP contribution in [0.25, 0.3) is 0 Å². The zero-order valence-corrected chi connectivity index (χ0v) is 11.2. The van der Waals surface area contributed by atoms with Crippen molar-refractivity contribution in [3.05, 3.63) is 12.8 Å². The minimum atomic E-state index is -0.856. The van der Waals surface area contributed by atoms with Gasteiger partial charge in [-0.15, -0.1) is 12.4 Å². The molecule has 0 rings (SSSR count). The van der Waals surface area contributed by atoms with E-state index in [-0.39, 0.29) is 12.4 Å². The first-order valence-electron chi connectivity index (χ1n) is 5.16. The monoisotopic (exact) mass is 256 g/mol. The van der Waals surface area contributed by atoms with Crippen LogP contribution >= 0.6 is 24.0 Å². The lowest BCUT2D eigenvalue weighted by atomic mass is 10.1. The van der Waals surface area contributed by atoms with Crippen molar-refractivity contribution in [2.45, 2.75) is 52.4 Å². The Morgan fingerprint density at radius 1 is 1.20 bits per heavy atom. The van der Waals surface area contributed by atoms with Gasteiger partial charge in [0.2, 0.25) is 0 Å². The number of ether oxygens (including phenoxy) is 1. The molecule has 0 unspecified atom stereocenters. The van der Waals surface area contributed by atoms with Crippen LogP contribution in [-0.2, 0) is 4.74 Å². The van der Waals surface area contributed by atoms with E-state index in [1.807, 2.05) is 0 Å². The van der Waals surface area contributed by atoms with E-state index in [0.29, 0.717) is 0 Å². The molecular weight excluding hydrogens is 235 g/mol. The Balaban J connectivity index is -0.000000187. The Labute approximate surface area is 104 Å². The molecule has 0 saturated carbocycles. The molecule has 0 aromatic heterocycles. The second-order valence-corrected chi connectivity index (χ2v) is 3.24. The van der Waals surface area contributed by atoms with Crippen molar-refractivity contribution in [2.75, 3.05) is 0 Å². The number of hydrogen-bond acceptors (Lipinski definition) is 2.